The summed E-state index contributed by atoms with van der Waals surface area (Å²) in [5.74, 6) is 0. The number of hydrogen-bond donors (Lipinski definition) is 0. The van der Waals surface area contributed by atoms with E-state index >= 15 is 0 Å². The number of rotatable bonds is 3. The average molecular weight is 325 g/mol. The van der Waals surface area contributed by atoms with E-state index in [1.54, 1.807) is 6.20 Å². The van der Waals surface area contributed by atoms with Crippen LogP contribution in [0.3, 0.4) is 0 Å². The standard InChI is InChI=1S/C22H19N3/c1-16-8-10-17(11-9-16)18-14-21(19-6-2-4-12-23-19)25-22(15-18)20-7-3-5-13-24-20/h2,4,6-15H,3,5H2,1H3. The van der Waals surface area contributed by atoms with Crippen molar-refractivity contribution in [3.8, 4) is 22.5 Å². The van der Waals surface area contributed by atoms with Crippen LogP contribution in [0.1, 0.15) is 24.1 Å². The monoisotopic (exact) mass is 325 g/mol. The minimum absolute atomic E-state index is 0.871. The molecule has 0 amide bonds. The van der Waals surface area contributed by atoms with Crippen LogP contribution < -0.4 is 0 Å². The molecule has 3 heterocycles. The zero-order valence-electron chi connectivity index (χ0n) is 14.2. The summed E-state index contributed by atoms with van der Waals surface area (Å²) in [6, 6.07) is 18.7. The summed E-state index contributed by atoms with van der Waals surface area (Å²) < 4.78 is 0. The predicted octanol–water partition coefficient (Wildman–Crippen LogP) is 5.32. The van der Waals surface area contributed by atoms with Gasteiger partial charge in [-0.2, -0.15) is 0 Å². The molecule has 0 fully saturated rings. The molecular weight excluding hydrogens is 306 g/mol. The Morgan fingerprint density at radius 2 is 1.64 bits per heavy atom. The van der Waals surface area contributed by atoms with E-state index in [2.05, 4.69) is 59.4 Å². The van der Waals surface area contributed by atoms with E-state index in [9.17, 15) is 0 Å². The van der Waals surface area contributed by atoms with Gasteiger partial charge in [-0.15, -0.1) is 0 Å². The molecule has 1 aliphatic heterocycles. The first-order valence-corrected chi connectivity index (χ1v) is 8.53. The molecule has 1 aromatic carbocycles. The third-order valence-electron chi connectivity index (χ3n) is 4.26. The maximum atomic E-state index is 4.83. The van der Waals surface area contributed by atoms with Gasteiger partial charge in [-0.05, 0) is 55.2 Å². The summed E-state index contributed by atoms with van der Waals surface area (Å²) in [5, 5.41) is 0. The Bertz CT molecular complexity index is 939. The van der Waals surface area contributed by atoms with Crippen molar-refractivity contribution in [1.29, 1.82) is 0 Å². The number of aromatic nitrogens is 2. The van der Waals surface area contributed by atoms with Gasteiger partial charge in [0, 0.05) is 12.4 Å². The van der Waals surface area contributed by atoms with E-state index in [0.29, 0.717) is 0 Å². The van der Waals surface area contributed by atoms with E-state index < -0.39 is 0 Å². The molecule has 25 heavy (non-hydrogen) atoms. The lowest BCUT2D eigenvalue weighted by atomic mass is 10.0. The van der Waals surface area contributed by atoms with Gasteiger partial charge in [0.1, 0.15) is 0 Å². The molecule has 122 valence electrons. The van der Waals surface area contributed by atoms with Gasteiger partial charge in [-0.1, -0.05) is 42.0 Å². The second-order valence-electron chi connectivity index (χ2n) is 6.19. The third-order valence-corrected chi connectivity index (χ3v) is 4.26. The fraction of sp³-hybridized carbons (Fsp3) is 0.136. The summed E-state index contributed by atoms with van der Waals surface area (Å²) in [6.45, 7) is 2.10. The Labute approximate surface area is 147 Å². The molecule has 0 N–H and O–H groups in total. The summed E-state index contributed by atoms with van der Waals surface area (Å²) in [4.78, 5) is 13.8. The van der Waals surface area contributed by atoms with Gasteiger partial charge in [0.25, 0.3) is 0 Å². The lowest BCUT2D eigenvalue weighted by molar-refractivity contribution is 1.08. The lowest BCUT2D eigenvalue weighted by Gasteiger charge is -2.11. The molecule has 0 spiro atoms. The van der Waals surface area contributed by atoms with Crippen molar-refractivity contribution in [3.63, 3.8) is 0 Å². The average Bonchev–Trinajstić information content (AvgIpc) is 2.69. The Balaban J connectivity index is 1.87. The molecule has 3 aromatic rings. The zero-order valence-corrected chi connectivity index (χ0v) is 14.2. The molecule has 2 aromatic heterocycles. The second-order valence-corrected chi connectivity index (χ2v) is 6.19. The van der Waals surface area contributed by atoms with Gasteiger partial charge in [0.15, 0.2) is 0 Å². The predicted molar refractivity (Wildman–Crippen MR) is 103 cm³/mol. The van der Waals surface area contributed by atoms with Gasteiger partial charge in [0.2, 0.25) is 0 Å². The van der Waals surface area contributed by atoms with Crippen LogP contribution >= 0.6 is 0 Å². The number of aryl methyl sites for hydroxylation is 1. The van der Waals surface area contributed by atoms with Crippen LogP contribution in [0.2, 0.25) is 0 Å². The van der Waals surface area contributed by atoms with Crippen molar-refractivity contribution < 1.29 is 0 Å². The Morgan fingerprint density at radius 1 is 0.800 bits per heavy atom. The van der Waals surface area contributed by atoms with Gasteiger partial charge >= 0.3 is 0 Å². The topological polar surface area (TPSA) is 38.1 Å². The smallest absolute Gasteiger partial charge is 0.0900 e. The molecule has 3 heteroatoms. The molecule has 0 bridgehead atoms. The van der Waals surface area contributed by atoms with E-state index in [0.717, 1.165) is 41.2 Å². The Hall–Kier alpha value is -3.07. The van der Waals surface area contributed by atoms with Crippen LogP contribution in [0, 0.1) is 6.92 Å². The number of benzene rings is 1. The summed E-state index contributed by atoms with van der Waals surface area (Å²) in [6.07, 6.45) is 7.93. The number of hydrogen-bond acceptors (Lipinski definition) is 3. The maximum Gasteiger partial charge on any atom is 0.0900 e. The van der Waals surface area contributed by atoms with Gasteiger partial charge in [-0.25, -0.2) is 4.98 Å². The minimum Gasteiger partial charge on any atom is -0.259 e. The minimum atomic E-state index is 0.871. The Morgan fingerprint density at radius 3 is 2.36 bits per heavy atom. The molecule has 0 saturated carbocycles. The summed E-state index contributed by atoms with van der Waals surface area (Å²) in [5.41, 5.74) is 7.14. The normalized spacial score (nSPS) is 13.6. The fourth-order valence-electron chi connectivity index (χ4n) is 2.90. The molecule has 0 radical (unpaired) electrons. The van der Waals surface area contributed by atoms with Crippen LogP contribution in [0.15, 0.2) is 71.9 Å². The number of pyridine rings is 2. The molecule has 0 saturated heterocycles. The quantitative estimate of drug-likeness (QED) is 0.653. The molecular formula is C22H19N3. The molecule has 1 aliphatic rings. The molecule has 3 nitrogen and oxygen atoms in total. The van der Waals surface area contributed by atoms with Crippen molar-refractivity contribution >= 4 is 11.9 Å². The maximum absolute atomic E-state index is 4.83. The highest BCUT2D eigenvalue weighted by atomic mass is 14.8. The molecule has 0 atom stereocenters. The van der Waals surface area contributed by atoms with Gasteiger partial charge < -0.3 is 0 Å². The van der Waals surface area contributed by atoms with Gasteiger partial charge in [-0.3, -0.25) is 9.98 Å². The highest BCUT2D eigenvalue weighted by Gasteiger charge is 2.11. The highest BCUT2D eigenvalue weighted by Crippen LogP contribution is 2.29. The van der Waals surface area contributed by atoms with Crippen molar-refractivity contribution in [2.24, 2.45) is 4.99 Å². The molecule has 4 rings (SSSR count). The lowest BCUT2D eigenvalue weighted by Crippen LogP contribution is -1.97. The van der Waals surface area contributed by atoms with Crippen LogP contribution in [0.4, 0.5) is 0 Å². The summed E-state index contributed by atoms with van der Waals surface area (Å²) in [7, 11) is 0. The molecule has 0 unspecified atom stereocenters. The number of nitrogens with zero attached hydrogens (tertiary/aromatic N) is 3. The van der Waals surface area contributed by atoms with Crippen molar-refractivity contribution in [2.45, 2.75) is 19.8 Å². The zero-order chi connectivity index (χ0) is 17.1. The first-order chi connectivity index (χ1) is 12.3. The third kappa shape index (κ3) is 3.41. The van der Waals surface area contributed by atoms with E-state index in [-0.39, 0.29) is 0 Å². The van der Waals surface area contributed by atoms with Crippen LogP contribution in [-0.4, -0.2) is 16.2 Å². The van der Waals surface area contributed by atoms with Crippen LogP contribution in [0.25, 0.3) is 28.2 Å². The van der Waals surface area contributed by atoms with E-state index in [1.165, 1.54) is 11.1 Å². The highest BCUT2D eigenvalue weighted by molar-refractivity contribution is 5.79. The fourth-order valence-corrected chi connectivity index (χ4v) is 2.90. The number of allylic oxidation sites excluding steroid dienone is 1. The van der Waals surface area contributed by atoms with Crippen LogP contribution in [-0.2, 0) is 0 Å². The first-order valence-electron chi connectivity index (χ1n) is 8.53. The van der Waals surface area contributed by atoms with Gasteiger partial charge in [0.05, 0.1) is 22.8 Å². The van der Waals surface area contributed by atoms with Crippen molar-refractivity contribution in [2.75, 3.05) is 0 Å². The van der Waals surface area contributed by atoms with Crippen LogP contribution in [0.5, 0.6) is 0 Å². The van der Waals surface area contributed by atoms with E-state index in [1.807, 2.05) is 24.4 Å². The summed E-state index contributed by atoms with van der Waals surface area (Å²) >= 11 is 0. The Kier molecular flexibility index (Phi) is 4.21. The number of aliphatic imine (C=N–C) groups is 1. The van der Waals surface area contributed by atoms with E-state index in [4.69, 9.17) is 4.98 Å². The first kappa shape index (κ1) is 15.5. The largest absolute Gasteiger partial charge is 0.259 e. The molecule has 0 aliphatic carbocycles. The SMILES string of the molecule is Cc1ccc(-c2cc(C3=CCCC=N3)nc(-c3ccccn3)c2)cc1. The second kappa shape index (κ2) is 6.81. The van der Waals surface area contributed by atoms with Crippen molar-refractivity contribution in [1.82, 2.24) is 9.97 Å². The van der Waals surface area contributed by atoms with Crippen molar-refractivity contribution in [3.05, 3.63) is 78.1 Å².